The van der Waals surface area contributed by atoms with E-state index >= 15 is 0 Å². The normalized spacial score (nSPS) is 39.2. The van der Waals surface area contributed by atoms with Gasteiger partial charge in [-0.1, -0.05) is 0 Å². The SMILES string of the molecule is NC1CC(N(CC2CC2)C2CC2)C1. The maximum Gasteiger partial charge on any atom is 0.0128 e. The summed E-state index contributed by atoms with van der Waals surface area (Å²) >= 11 is 0. The molecule has 3 aliphatic rings. The van der Waals surface area contributed by atoms with Gasteiger partial charge in [0.25, 0.3) is 0 Å². The highest BCUT2D eigenvalue weighted by atomic mass is 15.2. The molecule has 2 nitrogen and oxygen atoms in total. The van der Waals surface area contributed by atoms with E-state index in [1.807, 2.05) is 0 Å². The van der Waals surface area contributed by atoms with Crippen LogP contribution in [0.25, 0.3) is 0 Å². The summed E-state index contributed by atoms with van der Waals surface area (Å²) in [6.07, 6.45) is 8.42. The van der Waals surface area contributed by atoms with Gasteiger partial charge < -0.3 is 5.73 Å². The van der Waals surface area contributed by atoms with Gasteiger partial charge in [0, 0.05) is 24.7 Å². The molecule has 74 valence electrons. The molecule has 2 heteroatoms. The van der Waals surface area contributed by atoms with Crippen molar-refractivity contribution in [2.75, 3.05) is 6.54 Å². The van der Waals surface area contributed by atoms with Gasteiger partial charge >= 0.3 is 0 Å². The maximum absolute atomic E-state index is 5.85. The Morgan fingerprint density at radius 1 is 1.00 bits per heavy atom. The molecule has 0 aromatic heterocycles. The lowest BCUT2D eigenvalue weighted by Gasteiger charge is -2.41. The predicted octanol–water partition coefficient (Wildman–Crippen LogP) is 1.35. The Labute approximate surface area is 80.5 Å². The highest BCUT2D eigenvalue weighted by Crippen LogP contribution is 2.39. The van der Waals surface area contributed by atoms with Gasteiger partial charge in [-0.2, -0.15) is 0 Å². The van der Waals surface area contributed by atoms with Crippen molar-refractivity contribution in [2.45, 2.75) is 56.7 Å². The molecule has 0 aromatic carbocycles. The van der Waals surface area contributed by atoms with Crippen LogP contribution in [0.2, 0.25) is 0 Å². The molecule has 0 radical (unpaired) electrons. The van der Waals surface area contributed by atoms with E-state index in [1.165, 1.54) is 45.1 Å². The topological polar surface area (TPSA) is 29.3 Å². The van der Waals surface area contributed by atoms with Crippen molar-refractivity contribution in [3.63, 3.8) is 0 Å². The zero-order valence-corrected chi connectivity index (χ0v) is 8.28. The Morgan fingerprint density at radius 3 is 2.15 bits per heavy atom. The number of nitrogens with zero attached hydrogens (tertiary/aromatic N) is 1. The van der Waals surface area contributed by atoms with Crippen LogP contribution < -0.4 is 5.73 Å². The molecule has 0 aliphatic heterocycles. The van der Waals surface area contributed by atoms with Gasteiger partial charge in [0.15, 0.2) is 0 Å². The van der Waals surface area contributed by atoms with Gasteiger partial charge in [-0.3, -0.25) is 4.90 Å². The molecular formula is C11H20N2. The van der Waals surface area contributed by atoms with E-state index in [1.54, 1.807) is 0 Å². The minimum absolute atomic E-state index is 0.519. The van der Waals surface area contributed by atoms with E-state index in [9.17, 15) is 0 Å². The first-order valence-corrected chi connectivity index (χ1v) is 5.84. The molecule has 13 heavy (non-hydrogen) atoms. The second-order valence-electron chi connectivity index (χ2n) is 5.26. The Morgan fingerprint density at radius 2 is 1.69 bits per heavy atom. The summed E-state index contributed by atoms with van der Waals surface area (Å²) in [7, 11) is 0. The predicted molar refractivity (Wildman–Crippen MR) is 53.4 cm³/mol. The molecule has 0 unspecified atom stereocenters. The van der Waals surface area contributed by atoms with E-state index in [4.69, 9.17) is 5.73 Å². The minimum atomic E-state index is 0.519. The molecule has 0 aromatic rings. The molecule has 0 atom stereocenters. The van der Waals surface area contributed by atoms with Crippen molar-refractivity contribution in [2.24, 2.45) is 11.7 Å². The lowest BCUT2D eigenvalue weighted by Crippen LogP contribution is -2.52. The van der Waals surface area contributed by atoms with Crippen LogP contribution >= 0.6 is 0 Å². The van der Waals surface area contributed by atoms with Crippen LogP contribution in [0, 0.1) is 5.92 Å². The number of hydrogen-bond acceptors (Lipinski definition) is 2. The average molecular weight is 180 g/mol. The summed E-state index contributed by atoms with van der Waals surface area (Å²) in [4.78, 5) is 2.78. The van der Waals surface area contributed by atoms with Gasteiger partial charge in [0.2, 0.25) is 0 Å². The number of hydrogen-bond donors (Lipinski definition) is 1. The standard InChI is InChI=1S/C11H20N2/c12-9-5-11(6-9)13(10-3-4-10)7-8-1-2-8/h8-11H,1-7,12H2. The molecule has 3 rings (SSSR count). The van der Waals surface area contributed by atoms with Crippen LogP contribution in [0.1, 0.15) is 38.5 Å². The van der Waals surface area contributed by atoms with Crippen molar-refractivity contribution < 1.29 is 0 Å². The molecule has 3 fully saturated rings. The summed E-state index contributed by atoms with van der Waals surface area (Å²) in [6.45, 7) is 1.39. The third-order valence-corrected chi connectivity index (χ3v) is 3.80. The highest BCUT2D eigenvalue weighted by molar-refractivity contribution is 4.98. The van der Waals surface area contributed by atoms with Crippen molar-refractivity contribution in [1.82, 2.24) is 4.90 Å². The Kier molecular flexibility index (Phi) is 1.88. The lowest BCUT2D eigenvalue weighted by molar-refractivity contribution is 0.0973. The second-order valence-corrected chi connectivity index (χ2v) is 5.26. The fraction of sp³-hybridized carbons (Fsp3) is 1.00. The number of rotatable bonds is 4. The van der Waals surface area contributed by atoms with E-state index in [0.717, 1.165) is 18.0 Å². The lowest BCUT2D eigenvalue weighted by atomic mass is 9.86. The average Bonchev–Trinajstić information content (AvgIpc) is 2.84. The van der Waals surface area contributed by atoms with E-state index in [2.05, 4.69) is 4.90 Å². The Bertz CT molecular complexity index is 190. The molecular weight excluding hydrogens is 160 g/mol. The molecule has 0 bridgehead atoms. The van der Waals surface area contributed by atoms with Gasteiger partial charge in [0.05, 0.1) is 0 Å². The molecule has 0 heterocycles. The number of nitrogens with two attached hydrogens (primary N) is 1. The van der Waals surface area contributed by atoms with E-state index < -0.39 is 0 Å². The van der Waals surface area contributed by atoms with Gasteiger partial charge in [-0.05, 0) is 44.4 Å². The van der Waals surface area contributed by atoms with Crippen molar-refractivity contribution >= 4 is 0 Å². The first-order chi connectivity index (χ1) is 6.33. The monoisotopic (exact) mass is 180 g/mol. The van der Waals surface area contributed by atoms with E-state index in [-0.39, 0.29) is 0 Å². The van der Waals surface area contributed by atoms with Crippen LogP contribution in [-0.2, 0) is 0 Å². The minimum Gasteiger partial charge on any atom is -0.328 e. The van der Waals surface area contributed by atoms with Crippen LogP contribution in [0.3, 0.4) is 0 Å². The van der Waals surface area contributed by atoms with Crippen molar-refractivity contribution in [1.29, 1.82) is 0 Å². The summed E-state index contributed by atoms with van der Waals surface area (Å²) in [5, 5.41) is 0. The molecule has 0 saturated heterocycles. The molecule has 0 amide bonds. The van der Waals surface area contributed by atoms with Gasteiger partial charge in [-0.15, -0.1) is 0 Å². The zero-order valence-electron chi connectivity index (χ0n) is 8.28. The highest BCUT2D eigenvalue weighted by Gasteiger charge is 2.41. The summed E-state index contributed by atoms with van der Waals surface area (Å²) in [5.74, 6) is 1.05. The molecule has 3 saturated carbocycles. The van der Waals surface area contributed by atoms with Crippen LogP contribution in [0.5, 0.6) is 0 Å². The molecule has 0 spiro atoms. The Balaban J connectivity index is 1.55. The summed E-state index contributed by atoms with van der Waals surface area (Å²) in [5.41, 5.74) is 5.85. The summed E-state index contributed by atoms with van der Waals surface area (Å²) < 4.78 is 0. The zero-order chi connectivity index (χ0) is 8.84. The van der Waals surface area contributed by atoms with Crippen LogP contribution in [0.4, 0.5) is 0 Å². The smallest absolute Gasteiger partial charge is 0.0128 e. The van der Waals surface area contributed by atoms with Gasteiger partial charge in [-0.25, -0.2) is 0 Å². The summed E-state index contributed by atoms with van der Waals surface area (Å²) in [6, 6.07) is 2.34. The third-order valence-electron chi connectivity index (χ3n) is 3.80. The first-order valence-electron chi connectivity index (χ1n) is 5.84. The molecule has 3 aliphatic carbocycles. The van der Waals surface area contributed by atoms with Crippen LogP contribution in [-0.4, -0.2) is 29.6 Å². The van der Waals surface area contributed by atoms with E-state index in [0.29, 0.717) is 6.04 Å². The van der Waals surface area contributed by atoms with Crippen molar-refractivity contribution in [3.05, 3.63) is 0 Å². The maximum atomic E-state index is 5.85. The molecule has 2 N–H and O–H groups in total. The fourth-order valence-corrected chi connectivity index (χ4v) is 2.50. The first kappa shape index (κ1) is 8.25. The Hall–Kier alpha value is -0.0800. The van der Waals surface area contributed by atoms with Crippen LogP contribution in [0.15, 0.2) is 0 Å². The quantitative estimate of drug-likeness (QED) is 0.707. The third kappa shape index (κ3) is 1.75. The largest absolute Gasteiger partial charge is 0.328 e. The van der Waals surface area contributed by atoms with Gasteiger partial charge in [0.1, 0.15) is 0 Å². The van der Waals surface area contributed by atoms with Crippen molar-refractivity contribution in [3.8, 4) is 0 Å². The fourth-order valence-electron chi connectivity index (χ4n) is 2.50. The second kappa shape index (κ2) is 2.96.